The monoisotopic (exact) mass is 314 g/mol. The van der Waals surface area contributed by atoms with Crippen molar-refractivity contribution in [2.75, 3.05) is 11.9 Å². The predicted octanol–water partition coefficient (Wildman–Crippen LogP) is 2.84. The molecule has 0 aliphatic carbocycles. The largest absolute Gasteiger partial charge is 0.358 e. The van der Waals surface area contributed by atoms with Crippen LogP contribution >= 0.6 is 11.6 Å². The van der Waals surface area contributed by atoms with Gasteiger partial charge in [0.1, 0.15) is 11.9 Å². The van der Waals surface area contributed by atoms with Crippen molar-refractivity contribution in [3.05, 3.63) is 34.9 Å². The number of benzene rings is 1. The van der Waals surface area contributed by atoms with Crippen molar-refractivity contribution in [2.24, 2.45) is 0 Å². The summed E-state index contributed by atoms with van der Waals surface area (Å²) in [6.07, 6.45) is 2.72. The van der Waals surface area contributed by atoms with E-state index in [1.165, 1.54) is 0 Å². The maximum atomic E-state index is 12.0. The van der Waals surface area contributed by atoms with Gasteiger partial charge in [-0.15, -0.1) is 0 Å². The number of halogens is 1. The van der Waals surface area contributed by atoms with Crippen LogP contribution in [0, 0.1) is 11.3 Å². The van der Waals surface area contributed by atoms with Gasteiger partial charge in [-0.1, -0.05) is 11.6 Å². The van der Waals surface area contributed by atoms with E-state index in [1.807, 2.05) is 0 Å². The molecule has 2 aromatic rings. The Balaban J connectivity index is 1.95. The van der Waals surface area contributed by atoms with Crippen molar-refractivity contribution in [3.63, 3.8) is 0 Å². The fourth-order valence-corrected chi connectivity index (χ4v) is 2.79. The first-order valence-electron chi connectivity index (χ1n) is 7.22. The number of anilines is 1. The molecule has 3 rings (SSSR count). The van der Waals surface area contributed by atoms with E-state index in [9.17, 15) is 10.1 Å². The van der Waals surface area contributed by atoms with Crippen molar-refractivity contribution in [3.8, 4) is 6.07 Å². The van der Waals surface area contributed by atoms with Gasteiger partial charge in [0.25, 0.3) is 0 Å². The lowest BCUT2D eigenvalue weighted by atomic mass is 10.1. The first-order chi connectivity index (χ1) is 10.7. The van der Waals surface area contributed by atoms with Gasteiger partial charge in [0, 0.05) is 17.0 Å². The van der Waals surface area contributed by atoms with Crippen LogP contribution in [-0.2, 0) is 4.79 Å². The summed E-state index contributed by atoms with van der Waals surface area (Å²) in [4.78, 5) is 16.5. The van der Waals surface area contributed by atoms with E-state index in [2.05, 4.69) is 21.7 Å². The van der Waals surface area contributed by atoms with Crippen molar-refractivity contribution in [1.82, 2.24) is 10.3 Å². The summed E-state index contributed by atoms with van der Waals surface area (Å²) in [5.74, 6) is 0.516. The van der Waals surface area contributed by atoms with Crippen LogP contribution in [0.1, 0.15) is 24.8 Å². The van der Waals surface area contributed by atoms with Crippen molar-refractivity contribution >= 4 is 34.2 Å². The molecule has 1 saturated heterocycles. The van der Waals surface area contributed by atoms with Crippen LogP contribution in [0.15, 0.2) is 24.3 Å². The van der Waals surface area contributed by atoms with Gasteiger partial charge >= 0.3 is 0 Å². The standard InChI is InChI=1S/C16H15ClN4O/c17-11-4-5-13-12(8-11)10(9-18)7-15(20-13)21-14-3-1-2-6-19-16(14)22/h4-5,7-8,14H,1-3,6H2,(H,19,22)(H,20,21)/t14-/m1/s1. The average Bonchev–Trinajstić information content (AvgIpc) is 2.72. The van der Waals surface area contributed by atoms with Crippen molar-refractivity contribution < 1.29 is 4.79 Å². The van der Waals surface area contributed by atoms with Crippen LogP contribution in [0.4, 0.5) is 5.82 Å². The lowest BCUT2D eigenvalue weighted by Gasteiger charge is -2.16. The van der Waals surface area contributed by atoms with Gasteiger partial charge in [0.2, 0.25) is 5.91 Å². The Morgan fingerprint density at radius 1 is 1.36 bits per heavy atom. The van der Waals surface area contributed by atoms with Gasteiger partial charge in [-0.05, 0) is 43.5 Å². The van der Waals surface area contributed by atoms with E-state index in [1.54, 1.807) is 24.3 Å². The topological polar surface area (TPSA) is 77.8 Å². The number of fused-ring (bicyclic) bond motifs is 1. The quantitative estimate of drug-likeness (QED) is 0.893. The second kappa shape index (κ2) is 6.20. The van der Waals surface area contributed by atoms with Gasteiger partial charge in [0.05, 0.1) is 17.1 Å². The van der Waals surface area contributed by atoms with E-state index in [4.69, 9.17) is 11.6 Å². The Labute approximate surface area is 133 Å². The summed E-state index contributed by atoms with van der Waals surface area (Å²) < 4.78 is 0. The second-order valence-corrected chi connectivity index (χ2v) is 5.75. The average molecular weight is 315 g/mol. The summed E-state index contributed by atoms with van der Waals surface area (Å²) in [6.45, 7) is 0.712. The van der Waals surface area contributed by atoms with Gasteiger partial charge in [0.15, 0.2) is 0 Å². The zero-order chi connectivity index (χ0) is 15.5. The van der Waals surface area contributed by atoms with Crippen LogP contribution in [-0.4, -0.2) is 23.5 Å². The number of aromatic nitrogens is 1. The second-order valence-electron chi connectivity index (χ2n) is 5.31. The van der Waals surface area contributed by atoms with E-state index in [-0.39, 0.29) is 11.9 Å². The van der Waals surface area contributed by atoms with Crippen molar-refractivity contribution in [2.45, 2.75) is 25.3 Å². The smallest absolute Gasteiger partial charge is 0.242 e. The third kappa shape index (κ3) is 2.97. The maximum absolute atomic E-state index is 12.0. The zero-order valence-corrected chi connectivity index (χ0v) is 12.7. The third-order valence-electron chi connectivity index (χ3n) is 3.75. The van der Waals surface area contributed by atoms with Crippen LogP contribution < -0.4 is 10.6 Å². The fourth-order valence-electron chi connectivity index (χ4n) is 2.62. The van der Waals surface area contributed by atoms with Crippen LogP contribution in [0.25, 0.3) is 10.9 Å². The Morgan fingerprint density at radius 2 is 2.23 bits per heavy atom. The molecule has 1 amide bonds. The van der Waals surface area contributed by atoms with Gasteiger partial charge in [-0.3, -0.25) is 4.79 Å². The number of nitrogens with zero attached hydrogens (tertiary/aromatic N) is 2. The number of nitriles is 1. The number of carbonyl (C=O) groups is 1. The molecule has 2 heterocycles. The predicted molar refractivity (Wildman–Crippen MR) is 85.7 cm³/mol. The molecule has 1 fully saturated rings. The Morgan fingerprint density at radius 3 is 3.05 bits per heavy atom. The summed E-state index contributed by atoms with van der Waals surface area (Å²) in [7, 11) is 0. The van der Waals surface area contributed by atoms with Gasteiger partial charge in [-0.2, -0.15) is 5.26 Å². The van der Waals surface area contributed by atoms with Crippen molar-refractivity contribution in [1.29, 1.82) is 5.26 Å². The minimum Gasteiger partial charge on any atom is -0.358 e. The van der Waals surface area contributed by atoms with E-state index in [0.29, 0.717) is 33.9 Å². The minimum atomic E-state index is -0.314. The summed E-state index contributed by atoms with van der Waals surface area (Å²) in [6, 6.07) is 8.75. The Hall–Kier alpha value is -2.32. The molecule has 2 N–H and O–H groups in total. The number of hydrogen-bond donors (Lipinski definition) is 2. The Kier molecular flexibility index (Phi) is 4.12. The number of amides is 1. The third-order valence-corrected chi connectivity index (χ3v) is 3.98. The first-order valence-corrected chi connectivity index (χ1v) is 7.60. The van der Waals surface area contributed by atoms with Crippen LogP contribution in [0.2, 0.25) is 5.02 Å². The maximum Gasteiger partial charge on any atom is 0.242 e. The molecule has 1 atom stereocenters. The van der Waals surface area contributed by atoms with Gasteiger partial charge in [-0.25, -0.2) is 4.98 Å². The zero-order valence-electron chi connectivity index (χ0n) is 11.9. The highest BCUT2D eigenvalue weighted by molar-refractivity contribution is 6.31. The fraction of sp³-hybridized carbons (Fsp3) is 0.312. The van der Waals surface area contributed by atoms with E-state index in [0.717, 1.165) is 19.3 Å². The normalized spacial score (nSPS) is 18.4. The molecule has 0 bridgehead atoms. The SMILES string of the molecule is N#Cc1cc(N[C@@H]2CCCCNC2=O)nc2ccc(Cl)cc12. The van der Waals surface area contributed by atoms with Crippen LogP contribution in [0.3, 0.4) is 0 Å². The summed E-state index contributed by atoms with van der Waals surface area (Å²) in [5, 5.41) is 16.6. The number of carbonyl (C=O) groups excluding carboxylic acids is 1. The molecule has 6 heteroatoms. The molecule has 0 spiro atoms. The highest BCUT2D eigenvalue weighted by Crippen LogP contribution is 2.24. The molecule has 112 valence electrons. The molecular weight excluding hydrogens is 300 g/mol. The molecule has 1 aromatic carbocycles. The molecule has 0 radical (unpaired) electrons. The molecule has 0 unspecified atom stereocenters. The molecule has 1 aliphatic rings. The Bertz CT molecular complexity index is 769. The van der Waals surface area contributed by atoms with Crippen LogP contribution in [0.5, 0.6) is 0 Å². The summed E-state index contributed by atoms with van der Waals surface area (Å²) in [5.41, 5.74) is 1.17. The van der Waals surface area contributed by atoms with E-state index < -0.39 is 0 Å². The first kappa shape index (κ1) is 14.6. The molecule has 1 aromatic heterocycles. The highest BCUT2D eigenvalue weighted by atomic mass is 35.5. The molecule has 5 nitrogen and oxygen atoms in total. The molecule has 1 aliphatic heterocycles. The number of hydrogen-bond acceptors (Lipinski definition) is 4. The van der Waals surface area contributed by atoms with Gasteiger partial charge < -0.3 is 10.6 Å². The molecular formula is C16H15ClN4O. The molecule has 22 heavy (non-hydrogen) atoms. The minimum absolute atomic E-state index is 0.0194. The lowest BCUT2D eigenvalue weighted by molar-refractivity contribution is -0.121. The van der Waals surface area contributed by atoms with E-state index >= 15 is 0 Å². The number of rotatable bonds is 2. The molecule has 0 saturated carbocycles. The summed E-state index contributed by atoms with van der Waals surface area (Å²) >= 11 is 5.97. The number of pyridine rings is 1. The number of nitrogens with one attached hydrogen (secondary N) is 2. The lowest BCUT2D eigenvalue weighted by Crippen LogP contribution is -2.38. The highest BCUT2D eigenvalue weighted by Gasteiger charge is 2.21.